The van der Waals surface area contributed by atoms with Crippen molar-refractivity contribution in [2.24, 2.45) is 17.8 Å². The number of benzene rings is 1. The lowest BCUT2D eigenvalue weighted by molar-refractivity contribution is -0.122. The zero-order valence-electron chi connectivity index (χ0n) is 9.76. The molecule has 0 aliphatic heterocycles. The molecule has 17 heavy (non-hydrogen) atoms. The van der Waals surface area contributed by atoms with Gasteiger partial charge in [0, 0.05) is 24.3 Å². The van der Waals surface area contributed by atoms with Gasteiger partial charge in [-0.25, -0.2) is 0 Å². The second-order valence-electron chi connectivity index (χ2n) is 5.30. The highest BCUT2D eigenvalue weighted by atomic mass is 16.1. The Morgan fingerprint density at radius 2 is 1.59 bits per heavy atom. The van der Waals surface area contributed by atoms with E-state index in [1.165, 1.54) is 0 Å². The number of carbonyl (C=O) groups excluding carboxylic acids is 2. The zero-order valence-corrected chi connectivity index (χ0v) is 9.76. The Morgan fingerprint density at radius 3 is 2.18 bits per heavy atom. The molecular weight excluding hydrogens is 212 g/mol. The highest BCUT2D eigenvalue weighted by Crippen LogP contribution is 2.46. The van der Waals surface area contributed by atoms with Crippen molar-refractivity contribution in [3.05, 3.63) is 35.9 Å². The topological polar surface area (TPSA) is 34.1 Å². The summed E-state index contributed by atoms with van der Waals surface area (Å²) in [5.41, 5.74) is 0.809. The van der Waals surface area contributed by atoms with Crippen LogP contribution in [-0.2, 0) is 4.79 Å². The van der Waals surface area contributed by atoms with Crippen LogP contribution in [0.5, 0.6) is 0 Å². The lowest BCUT2D eigenvalue weighted by Crippen LogP contribution is -2.32. The Bertz CT molecular complexity index is 433. The van der Waals surface area contributed by atoms with Crippen molar-refractivity contribution in [2.45, 2.75) is 25.7 Å². The van der Waals surface area contributed by atoms with Crippen LogP contribution in [0.4, 0.5) is 0 Å². The van der Waals surface area contributed by atoms with Gasteiger partial charge >= 0.3 is 0 Å². The molecule has 2 atom stereocenters. The van der Waals surface area contributed by atoms with Crippen molar-refractivity contribution >= 4 is 11.6 Å². The summed E-state index contributed by atoms with van der Waals surface area (Å²) in [7, 11) is 0. The maximum absolute atomic E-state index is 12.5. The molecule has 3 rings (SSSR count). The number of Topliss-reactive ketones (excluding diaryl/α,β-unsaturated/α-hetero) is 2. The summed E-state index contributed by atoms with van der Waals surface area (Å²) in [6.07, 6.45) is 3.36. The fraction of sp³-hybridized carbons (Fsp3) is 0.467. The zero-order chi connectivity index (χ0) is 11.8. The lowest BCUT2D eigenvalue weighted by Gasteiger charge is -2.27. The molecule has 2 aliphatic carbocycles. The molecule has 0 aromatic heterocycles. The maximum atomic E-state index is 12.5. The van der Waals surface area contributed by atoms with E-state index >= 15 is 0 Å². The van der Waals surface area contributed by atoms with Crippen LogP contribution in [0.3, 0.4) is 0 Å². The summed E-state index contributed by atoms with van der Waals surface area (Å²) in [4.78, 5) is 24.0. The minimum absolute atomic E-state index is 0.107. The number of hydrogen-bond acceptors (Lipinski definition) is 2. The first-order valence-corrected chi connectivity index (χ1v) is 6.36. The van der Waals surface area contributed by atoms with Gasteiger partial charge in [0.2, 0.25) is 0 Å². The van der Waals surface area contributed by atoms with Gasteiger partial charge in [-0.15, -0.1) is 0 Å². The van der Waals surface area contributed by atoms with E-state index in [1.807, 2.05) is 30.3 Å². The number of ketones is 2. The molecule has 2 bridgehead atoms. The van der Waals surface area contributed by atoms with Crippen LogP contribution < -0.4 is 0 Å². The van der Waals surface area contributed by atoms with E-state index < -0.39 is 0 Å². The number of hydrogen-bond donors (Lipinski definition) is 0. The third-order valence-corrected chi connectivity index (χ3v) is 4.26. The number of fused-ring (bicyclic) bond motifs is 2. The molecular formula is C15H16O2. The molecule has 1 aromatic rings. The molecule has 0 amide bonds. The van der Waals surface area contributed by atoms with Gasteiger partial charge in [-0.3, -0.25) is 9.59 Å². The lowest BCUT2D eigenvalue weighted by atomic mass is 9.74. The average Bonchev–Trinajstić information content (AvgIpc) is 2.62. The molecule has 0 heterocycles. The van der Waals surface area contributed by atoms with Crippen molar-refractivity contribution in [1.29, 1.82) is 0 Å². The minimum atomic E-state index is 0.107. The first-order valence-electron chi connectivity index (χ1n) is 6.36. The van der Waals surface area contributed by atoms with Crippen LogP contribution in [0.2, 0.25) is 0 Å². The van der Waals surface area contributed by atoms with Gasteiger partial charge in [-0.2, -0.15) is 0 Å². The van der Waals surface area contributed by atoms with Gasteiger partial charge in [-0.1, -0.05) is 30.3 Å². The summed E-state index contributed by atoms with van der Waals surface area (Å²) in [5, 5.41) is 0. The molecule has 2 heteroatoms. The van der Waals surface area contributed by atoms with E-state index in [0.717, 1.165) is 18.4 Å². The van der Waals surface area contributed by atoms with Crippen molar-refractivity contribution in [2.75, 3.05) is 0 Å². The second-order valence-corrected chi connectivity index (χ2v) is 5.30. The first kappa shape index (κ1) is 10.7. The predicted molar refractivity (Wildman–Crippen MR) is 64.7 cm³/mol. The van der Waals surface area contributed by atoms with E-state index in [4.69, 9.17) is 0 Å². The summed E-state index contributed by atoms with van der Waals surface area (Å²) >= 11 is 0. The van der Waals surface area contributed by atoms with E-state index in [-0.39, 0.29) is 11.7 Å². The smallest absolute Gasteiger partial charge is 0.166 e. The maximum Gasteiger partial charge on any atom is 0.166 e. The molecule has 0 radical (unpaired) electrons. The van der Waals surface area contributed by atoms with Gasteiger partial charge in [0.25, 0.3) is 0 Å². The molecule has 88 valence electrons. The Balaban J connectivity index is 1.86. The highest BCUT2D eigenvalue weighted by Gasteiger charge is 2.45. The number of rotatable bonds is 2. The molecule has 0 N–H and O–H groups in total. The third-order valence-electron chi connectivity index (χ3n) is 4.26. The van der Waals surface area contributed by atoms with Crippen LogP contribution >= 0.6 is 0 Å². The normalized spacial score (nSPS) is 31.5. The van der Waals surface area contributed by atoms with E-state index in [2.05, 4.69) is 0 Å². The van der Waals surface area contributed by atoms with Crippen molar-refractivity contribution in [3.8, 4) is 0 Å². The molecule has 1 aromatic carbocycles. The Morgan fingerprint density at radius 1 is 1.00 bits per heavy atom. The summed E-state index contributed by atoms with van der Waals surface area (Å²) in [6.45, 7) is 0. The van der Waals surface area contributed by atoms with Crippen LogP contribution in [0, 0.1) is 17.8 Å². The molecule has 2 fully saturated rings. The highest BCUT2D eigenvalue weighted by molar-refractivity contribution is 5.99. The minimum Gasteiger partial charge on any atom is -0.300 e. The standard InChI is InChI=1S/C15H16O2/c16-13-8-11-6-7-12(9-13)14(11)15(17)10-4-2-1-3-5-10/h1-5,11-12,14H,6-9H2. The fourth-order valence-corrected chi connectivity index (χ4v) is 3.52. The summed E-state index contributed by atoms with van der Waals surface area (Å²) in [6, 6.07) is 9.51. The molecule has 2 saturated carbocycles. The van der Waals surface area contributed by atoms with Gasteiger partial charge in [0.1, 0.15) is 5.78 Å². The van der Waals surface area contributed by atoms with E-state index in [1.54, 1.807) is 0 Å². The van der Waals surface area contributed by atoms with E-state index in [0.29, 0.717) is 30.5 Å². The van der Waals surface area contributed by atoms with Crippen molar-refractivity contribution in [3.63, 3.8) is 0 Å². The van der Waals surface area contributed by atoms with Gasteiger partial charge < -0.3 is 0 Å². The number of carbonyl (C=O) groups is 2. The second kappa shape index (κ2) is 4.10. The van der Waals surface area contributed by atoms with E-state index in [9.17, 15) is 9.59 Å². The summed E-state index contributed by atoms with van der Waals surface area (Å²) < 4.78 is 0. The first-order chi connectivity index (χ1) is 8.25. The Hall–Kier alpha value is -1.44. The predicted octanol–water partition coefficient (Wildman–Crippen LogP) is 2.87. The van der Waals surface area contributed by atoms with Gasteiger partial charge in [-0.05, 0) is 24.7 Å². The Kier molecular flexibility index (Phi) is 2.58. The molecule has 0 spiro atoms. The Labute approximate surface area is 101 Å². The van der Waals surface area contributed by atoms with Crippen LogP contribution in [-0.4, -0.2) is 11.6 Å². The van der Waals surface area contributed by atoms with Crippen LogP contribution in [0.15, 0.2) is 30.3 Å². The SMILES string of the molecule is O=C1CC2CCC(C1)C2C(=O)c1ccccc1. The molecule has 0 saturated heterocycles. The van der Waals surface area contributed by atoms with Crippen molar-refractivity contribution < 1.29 is 9.59 Å². The van der Waals surface area contributed by atoms with Crippen LogP contribution in [0.25, 0.3) is 0 Å². The molecule has 2 aliphatic rings. The molecule has 2 unspecified atom stereocenters. The fourth-order valence-electron chi connectivity index (χ4n) is 3.52. The van der Waals surface area contributed by atoms with Gasteiger partial charge in [0.05, 0.1) is 0 Å². The monoisotopic (exact) mass is 228 g/mol. The summed E-state index contributed by atoms with van der Waals surface area (Å²) in [5.74, 6) is 1.35. The largest absolute Gasteiger partial charge is 0.300 e. The van der Waals surface area contributed by atoms with Gasteiger partial charge in [0.15, 0.2) is 5.78 Å². The quantitative estimate of drug-likeness (QED) is 0.729. The third kappa shape index (κ3) is 1.82. The average molecular weight is 228 g/mol. The van der Waals surface area contributed by atoms with Crippen LogP contribution in [0.1, 0.15) is 36.0 Å². The van der Waals surface area contributed by atoms with Crippen molar-refractivity contribution in [1.82, 2.24) is 0 Å². The molecule has 2 nitrogen and oxygen atoms in total.